The van der Waals surface area contributed by atoms with Gasteiger partial charge in [0.1, 0.15) is 12.2 Å². The molecule has 0 aliphatic carbocycles. The highest BCUT2D eigenvalue weighted by molar-refractivity contribution is 5.70. The van der Waals surface area contributed by atoms with Gasteiger partial charge in [0.05, 0.1) is 25.6 Å². The summed E-state index contributed by atoms with van der Waals surface area (Å²) in [5.41, 5.74) is 1.10. The van der Waals surface area contributed by atoms with Crippen molar-refractivity contribution in [1.82, 2.24) is 19.6 Å². The summed E-state index contributed by atoms with van der Waals surface area (Å²) in [7, 11) is 0. The van der Waals surface area contributed by atoms with E-state index in [-0.39, 0.29) is 24.1 Å². The van der Waals surface area contributed by atoms with Crippen LogP contribution in [0.2, 0.25) is 0 Å². The van der Waals surface area contributed by atoms with Gasteiger partial charge >= 0.3 is 11.9 Å². The molecule has 8 heteroatoms. The first kappa shape index (κ1) is 50.1. The minimum absolute atomic E-state index is 0.00824. The van der Waals surface area contributed by atoms with Crippen molar-refractivity contribution in [3.05, 3.63) is 18.0 Å². The van der Waals surface area contributed by atoms with Crippen LogP contribution < -0.4 is 0 Å². The molecular weight excluding hydrogens is 673 g/mol. The number of hydrogen-bond acceptors (Lipinski definition) is 7. The normalized spacial score (nSPS) is 12.8. The molecule has 1 aromatic heterocycles. The topological polar surface area (TPSA) is 76.9 Å². The number of unbranched alkanes of at least 4 members (excludes halogenated alkanes) is 16. The lowest BCUT2D eigenvalue weighted by atomic mass is 10.0. The molecule has 8 nitrogen and oxygen atoms in total. The van der Waals surface area contributed by atoms with Crippen molar-refractivity contribution >= 4 is 11.9 Å². The Labute approximate surface area is 334 Å². The largest absolute Gasteiger partial charge is 0.462 e. The molecule has 2 atom stereocenters. The number of nitrogens with zero attached hydrogens (tertiary/aromatic N) is 4. The molecule has 54 heavy (non-hydrogen) atoms. The monoisotopic (exact) mass is 761 g/mol. The van der Waals surface area contributed by atoms with Crippen LogP contribution in [0.5, 0.6) is 0 Å². The second kappa shape index (κ2) is 35.5. The van der Waals surface area contributed by atoms with Gasteiger partial charge in [-0.3, -0.25) is 19.2 Å². The number of rotatable bonds is 39. The first-order chi connectivity index (χ1) is 26.4. The summed E-state index contributed by atoms with van der Waals surface area (Å²) in [6.07, 6.45) is 33.0. The predicted molar refractivity (Wildman–Crippen MR) is 228 cm³/mol. The molecule has 0 aliphatic rings. The van der Waals surface area contributed by atoms with Gasteiger partial charge in [-0.05, 0) is 64.5 Å². The molecule has 2 unspecified atom stereocenters. The summed E-state index contributed by atoms with van der Waals surface area (Å²) in [5.74, 6) is -0.231. The maximum Gasteiger partial charge on any atom is 0.307 e. The van der Waals surface area contributed by atoms with Crippen molar-refractivity contribution in [2.75, 3.05) is 32.7 Å². The molecule has 0 fully saturated rings. The number of aromatic nitrogens is 2. The molecule has 1 heterocycles. The summed E-state index contributed by atoms with van der Waals surface area (Å²) in [5, 5.41) is 4.65. The first-order valence-electron chi connectivity index (χ1n) is 23.2. The quantitative estimate of drug-likeness (QED) is 0.0488. The zero-order valence-electron chi connectivity index (χ0n) is 36.6. The van der Waals surface area contributed by atoms with Crippen LogP contribution in [0, 0.1) is 0 Å². The van der Waals surface area contributed by atoms with Gasteiger partial charge in [0, 0.05) is 37.9 Å². The van der Waals surface area contributed by atoms with E-state index < -0.39 is 0 Å². The zero-order chi connectivity index (χ0) is 39.5. The lowest BCUT2D eigenvalue weighted by Crippen LogP contribution is -2.31. The van der Waals surface area contributed by atoms with Gasteiger partial charge < -0.3 is 14.4 Å². The third-order valence-electron chi connectivity index (χ3n) is 11.0. The molecule has 316 valence electrons. The van der Waals surface area contributed by atoms with E-state index in [1.54, 1.807) is 0 Å². The first-order valence-corrected chi connectivity index (χ1v) is 23.2. The fourth-order valence-electron chi connectivity index (χ4n) is 7.34. The van der Waals surface area contributed by atoms with E-state index in [0.717, 1.165) is 83.1 Å². The highest BCUT2D eigenvalue weighted by Gasteiger charge is 2.19. The zero-order valence-corrected chi connectivity index (χ0v) is 36.6. The lowest BCUT2D eigenvalue weighted by Gasteiger charge is -2.23. The summed E-state index contributed by atoms with van der Waals surface area (Å²) >= 11 is 0. The summed E-state index contributed by atoms with van der Waals surface area (Å²) < 4.78 is 14.3. The summed E-state index contributed by atoms with van der Waals surface area (Å²) in [6.45, 7) is 19.0. The van der Waals surface area contributed by atoms with Crippen LogP contribution in [0.1, 0.15) is 214 Å². The summed E-state index contributed by atoms with van der Waals surface area (Å²) in [4.78, 5) is 31.3. The van der Waals surface area contributed by atoms with Crippen LogP contribution in [-0.2, 0) is 32.2 Å². The Bertz CT molecular complexity index is 947. The fraction of sp³-hybridized carbons (Fsp3) is 0.891. The third-order valence-corrected chi connectivity index (χ3v) is 11.0. The molecular formula is C46H88N4O4. The molecule has 0 radical (unpaired) electrons. The molecule has 1 rings (SSSR count). The smallest absolute Gasteiger partial charge is 0.307 e. The SMILES string of the molecule is CCCCCCCCC(CCCCCC)OC(=O)CCN(CCC(=O)OC(CCCCCC)CCCCCCCC)Cc1cnn(CCN(CC)CC)c1. The Balaban J connectivity index is 2.88. The number of hydrogen-bond donors (Lipinski definition) is 0. The van der Waals surface area contributed by atoms with Crippen LogP contribution >= 0.6 is 0 Å². The number of carbonyl (C=O) groups is 2. The third kappa shape index (κ3) is 27.6. The van der Waals surface area contributed by atoms with Gasteiger partial charge in [0.25, 0.3) is 0 Å². The Morgan fingerprint density at radius 3 is 1.35 bits per heavy atom. The van der Waals surface area contributed by atoms with Crippen molar-refractivity contribution < 1.29 is 19.1 Å². The van der Waals surface area contributed by atoms with Crippen molar-refractivity contribution in [2.24, 2.45) is 0 Å². The van der Waals surface area contributed by atoms with Crippen molar-refractivity contribution in [2.45, 2.75) is 234 Å². The number of likely N-dealkylation sites (N-methyl/N-ethyl adjacent to an activating group) is 1. The van der Waals surface area contributed by atoms with Gasteiger partial charge in [0.15, 0.2) is 0 Å². The van der Waals surface area contributed by atoms with Crippen molar-refractivity contribution in [3.63, 3.8) is 0 Å². The van der Waals surface area contributed by atoms with Crippen molar-refractivity contribution in [1.29, 1.82) is 0 Å². The van der Waals surface area contributed by atoms with Gasteiger partial charge in [-0.25, -0.2) is 0 Å². The Kier molecular flexibility index (Phi) is 32.9. The highest BCUT2D eigenvalue weighted by atomic mass is 16.5. The Morgan fingerprint density at radius 1 is 0.556 bits per heavy atom. The number of ether oxygens (including phenoxy) is 2. The molecule has 0 saturated heterocycles. The average Bonchev–Trinajstić information content (AvgIpc) is 3.62. The molecule has 0 aliphatic heterocycles. The average molecular weight is 761 g/mol. The van der Waals surface area contributed by atoms with Gasteiger partial charge in [-0.15, -0.1) is 0 Å². The predicted octanol–water partition coefficient (Wildman–Crippen LogP) is 12.1. The molecule has 0 bridgehead atoms. The van der Waals surface area contributed by atoms with E-state index in [2.05, 4.69) is 62.6 Å². The molecule has 0 aromatic carbocycles. The van der Waals surface area contributed by atoms with E-state index in [9.17, 15) is 9.59 Å². The molecule has 1 aromatic rings. The van der Waals surface area contributed by atoms with Crippen LogP contribution in [-0.4, -0.2) is 76.5 Å². The maximum atomic E-state index is 13.3. The van der Waals surface area contributed by atoms with E-state index in [4.69, 9.17) is 9.47 Å². The molecule has 0 N–H and O–H groups in total. The lowest BCUT2D eigenvalue weighted by molar-refractivity contribution is -0.150. The van der Waals surface area contributed by atoms with Crippen LogP contribution in [0.3, 0.4) is 0 Å². The standard InChI is InChI=1S/C46H88N4O4/c1-7-13-17-21-23-27-31-43(29-25-19-15-9-3)53-45(51)33-35-49(40-42-39-47-50(41-42)38-37-48(11-5)12-6)36-34-46(52)54-44(30-26-20-16-10-4)32-28-24-22-18-14-8-2/h39,41,43-44H,7-38,40H2,1-6H3. The van der Waals surface area contributed by atoms with E-state index >= 15 is 0 Å². The summed E-state index contributed by atoms with van der Waals surface area (Å²) in [6, 6.07) is 0. The molecule has 0 spiro atoms. The molecule has 0 saturated carbocycles. The minimum atomic E-state index is -0.116. The van der Waals surface area contributed by atoms with Gasteiger partial charge in [0.2, 0.25) is 0 Å². The van der Waals surface area contributed by atoms with Gasteiger partial charge in [-0.2, -0.15) is 5.10 Å². The Hall–Kier alpha value is -1.93. The van der Waals surface area contributed by atoms with Gasteiger partial charge in [-0.1, -0.05) is 144 Å². The van der Waals surface area contributed by atoms with E-state index in [1.807, 2.05) is 10.9 Å². The fourth-order valence-corrected chi connectivity index (χ4v) is 7.34. The number of carbonyl (C=O) groups excluding carboxylic acids is 2. The Morgan fingerprint density at radius 2 is 0.944 bits per heavy atom. The van der Waals surface area contributed by atoms with Crippen LogP contribution in [0.15, 0.2) is 12.4 Å². The number of esters is 2. The van der Waals surface area contributed by atoms with E-state index in [0.29, 0.717) is 32.5 Å². The molecule has 0 amide bonds. The second-order valence-electron chi connectivity index (χ2n) is 15.9. The van der Waals surface area contributed by atoms with Crippen LogP contribution in [0.4, 0.5) is 0 Å². The minimum Gasteiger partial charge on any atom is -0.462 e. The maximum absolute atomic E-state index is 13.3. The second-order valence-corrected chi connectivity index (χ2v) is 15.9. The highest BCUT2D eigenvalue weighted by Crippen LogP contribution is 2.19. The van der Waals surface area contributed by atoms with Crippen molar-refractivity contribution in [3.8, 4) is 0 Å². The van der Waals surface area contributed by atoms with Crippen LogP contribution in [0.25, 0.3) is 0 Å². The van der Waals surface area contributed by atoms with E-state index in [1.165, 1.54) is 103 Å².